The van der Waals surface area contributed by atoms with Crippen LogP contribution in [0.25, 0.3) is 0 Å². The molecule has 7 heteroatoms. The molecule has 0 spiro atoms. The van der Waals surface area contributed by atoms with Crippen LogP contribution in [0.3, 0.4) is 0 Å². The van der Waals surface area contributed by atoms with E-state index in [9.17, 15) is 8.42 Å². The highest BCUT2D eigenvalue weighted by Gasteiger charge is 2.14. The van der Waals surface area contributed by atoms with Crippen molar-refractivity contribution in [3.05, 3.63) is 30.3 Å². The highest BCUT2D eigenvalue weighted by atomic mass is 32.2. The van der Waals surface area contributed by atoms with E-state index in [4.69, 9.17) is 0 Å². The molecule has 1 rings (SSSR count). The van der Waals surface area contributed by atoms with Gasteiger partial charge in [-0.3, -0.25) is 9.89 Å². The molecule has 0 saturated heterocycles. The van der Waals surface area contributed by atoms with Gasteiger partial charge in [0.25, 0.3) is 0 Å². The Morgan fingerprint density at radius 1 is 1.04 bits per heavy atom. The number of hydrogen-bond donors (Lipinski definition) is 2. The first kappa shape index (κ1) is 21.4. The lowest BCUT2D eigenvalue weighted by atomic mass is 10.2. The van der Waals surface area contributed by atoms with Crippen LogP contribution in [0.15, 0.2) is 40.2 Å². The Bertz CT molecular complexity index is 620. The Morgan fingerprint density at radius 3 is 2.12 bits per heavy atom. The van der Waals surface area contributed by atoms with Crippen LogP contribution in [-0.4, -0.2) is 63.8 Å². The first-order valence-electron chi connectivity index (χ1n) is 8.76. The minimum atomic E-state index is -3.27. The van der Waals surface area contributed by atoms with Gasteiger partial charge in [0.15, 0.2) is 15.8 Å². The van der Waals surface area contributed by atoms with Crippen molar-refractivity contribution < 1.29 is 8.42 Å². The van der Waals surface area contributed by atoms with Crippen molar-refractivity contribution in [2.75, 3.05) is 32.4 Å². The van der Waals surface area contributed by atoms with Crippen molar-refractivity contribution in [3.63, 3.8) is 0 Å². The number of aliphatic imine (C=N–C) groups is 1. The third kappa shape index (κ3) is 7.44. The third-order valence-electron chi connectivity index (χ3n) is 3.98. The van der Waals surface area contributed by atoms with Crippen molar-refractivity contribution >= 4 is 15.8 Å². The predicted octanol–water partition coefficient (Wildman–Crippen LogP) is 1.74. The van der Waals surface area contributed by atoms with Gasteiger partial charge in [0.05, 0.1) is 10.6 Å². The fourth-order valence-corrected chi connectivity index (χ4v) is 3.86. The maximum atomic E-state index is 12.2. The molecule has 0 atom stereocenters. The van der Waals surface area contributed by atoms with Crippen LogP contribution in [-0.2, 0) is 9.84 Å². The van der Waals surface area contributed by atoms with Gasteiger partial charge < -0.3 is 10.6 Å². The lowest BCUT2D eigenvalue weighted by Crippen LogP contribution is -2.46. The van der Waals surface area contributed by atoms with E-state index in [1.165, 1.54) is 0 Å². The SMILES string of the molecule is CN=C(NCCN(C(C)C)C(C)C)NCCS(=O)(=O)c1ccccc1. The molecule has 0 aliphatic heterocycles. The minimum Gasteiger partial charge on any atom is -0.355 e. The normalized spacial score (nSPS) is 12.9. The van der Waals surface area contributed by atoms with Crippen LogP contribution in [0, 0.1) is 0 Å². The van der Waals surface area contributed by atoms with E-state index >= 15 is 0 Å². The van der Waals surface area contributed by atoms with Crippen LogP contribution in [0.2, 0.25) is 0 Å². The van der Waals surface area contributed by atoms with Crippen LogP contribution < -0.4 is 10.6 Å². The molecule has 0 aromatic heterocycles. The third-order valence-corrected chi connectivity index (χ3v) is 5.71. The number of rotatable bonds is 9. The largest absolute Gasteiger partial charge is 0.355 e. The maximum absolute atomic E-state index is 12.2. The van der Waals surface area contributed by atoms with E-state index in [1.807, 2.05) is 0 Å². The zero-order chi connectivity index (χ0) is 18.9. The second-order valence-electron chi connectivity index (χ2n) is 6.48. The summed E-state index contributed by atoms with van der Waals surface area (Å²) in [5, 5.41) is 6.31. The smallest absolute Gasteiger partial charge is 0.191 e. The number of nitrogens with one attached hydrogen (secondary N) is 2. The molecule has 0 fully saturated rings. The van der Waals surface area contributed by atoms with Crippen LogP contribution in [0.5, 0.6) is 0 Å². The average molecular weight is 369 g/mol. The lowest BCUT2D eigenvalue weighted by molar-refractivity contribution is 0.178. The van der Waals surface area contributed by atoms with Gasteiger partial charge in [-0.25, -0.2) is 8.42 Å². The van der Waals surface area contributed by atoms with E-state index in [-0.39, 0.29) is 5.75 Å². The zero-order valence-corrected chi connectivity index (χ0v) is 16.8. The summed E-state index contributed by atoms with van der Waals surface area (Å²) in [4.78, 5) is 6.89. The van der Waals surface area contributed by atoms with Crippen LogP contribution in [0.1, 0.15) is 27.7 Å². The second-order valence-corrected chi connectivity index (χ2v) is 8.59. The molecule has 0 bridgehead atoms. The van der Waals surface area contributed by atoms with Gasteiger partial charge in [-0.15, -0.1) is 0 Å². The van der Waals surface area contributed by atoms with Gasteiger partial charge in [0.1, 0.15) is 0 Å². The van der Waals surface area contributed by atoms with E-state index in [1.54, 1.807) is 37.4 Å². The Kier molecular flexibility index (Phi) is 8.92. The monoisotopic (exact) mass is 368 g/mol. The standard InChI is InChI=1S/C18H32N4O2S/c1-15(2)22(16(3)4)13-11-20-18(19-5)21-12-14-25(23,24)17-9-7-6-8-10-17/h6-10,15-16H,11-14H2,1-5H3,(H2,19,20,21). The average Bonchev–Trinajstić information content (AvgIpc) is 2.57. The Balaban J connectivity index is 2.42. The van der Waals surface area contributed by atoms with Crippen molar-refractivity contribution in [2.45, 2.75) is 44.7 Å². The zero-order valence-electron chi connectivity index (χ0n) is 16.0. The van der Waals surface area contributed by atoms with Crippen LogP contribution in [0.4, 0.5) is 0 Å². The Hall–Kier alpha value is -1.60. The molecule has 25 heavy (non-hydrogen) atoms. The molecule has 1 aromatic rings. The predicted molar refractivity (Wildman–Crippen MR) is 105 cm³/mol. The van der Waals surface area contributed by atoms with Gasteiger partial charge in [-0.05, 0) is 39.8 Å². The Labute approximate surface area is 152 Å². The van der Waals surface area contributed by atoms with Gasteiger partial charge in [0.2, 0.25) is 0 Å². The lowest BCUT2D eigenvalue weighted by Gasteiger charge is -2.30. The number of guanidine groups is 1. The summed E-state index contributed by atoms with van der Waals surface area (Å²) >= 11 is 0. The van der Waals surface area contributed by atoms with Crippen molar-refractivity contribution in [1.82, 2.24) is 15.5 Å². The van der Waals surface area contributed by atoms with E-state index in [2.05, 4.69) is 48.2 Å². The Morgan fingerprint density at radius 2 is 1.60 bits per heavy atom. The summed E-state index contributed by atoms with van der Waals surface area (Å²) in [7, 11) is -1.59. The molecule has 2 N–H and O–H groups in total. The molecule has 0 unspecified atom stereocenters. The summed E-state index contributed by atoms with van der Waals surface area (Å²) in [5.41, 5.74) is 0. The van der Waals surface area contributed by atoms with Gasteiger partial charge in [-0.2, -0.15) is 0 Å². The molecular formula is C18H32N4O2S. The van der Waals surface area contributed by atoms with Crippen molar-refractivity contribution in [2.24, 2.45) is 4.99 Å². The molecule has 142 valence electrons. The highest BCUT2D eigenvalue weighted by Crippen LogP contribution is 2.09. The van der Waals surface area contributed by atoms with Crippen LogP contribution >= 0.6 is 0 Å². The molecular weight excluding hydrogens is 336 g/mol. The summed E-state index contributed by atoms with van der Waals surface area (Å²) in [6.07, 6.45) is 0. The highest BCUT2D eigenvalue weighted by molar-refractivity contribution is 7.91. The molecule has 0 saturated carbocycles. The van der Waals surface area contributed by atoms with Gasteiger partial charge >= 0.3 is 0 Å². The first-order chi connectivity index (χ1) is 11.8. The summed E-state index contributed by atoms with van der Waals surface area (Å²) in [5.74, 6) is 0.651. The quantitative estimate of drug-likeness (QED) is 0.513. The fraction of sp³-hybridized carbons (Fsp3) is 0.611. The number of hydrogen-bond acceptors (Lipinski definition) is 4. The molecule has 0 radical (unpaired) electrons. The summed E-state index contributed by atoms with van der Waals surface area (Å²) < 4.78 is 24.5. The minimum absolute atomic E-state index is 0.0296. The molecule has 0 amide bonds. The van der Waals surface area contributed by atoms with E-state index in [0.717, 1.165) is 13.1 Å². The van der Waals surface area contributed by atoms with Crippen molar-refractivity contribution in [1.29, 1.82) is 0 Å². The van der Waals surface area contributed by atoms with Gasteiger partial charge in [-0.1, -0.05) is 18.2 Å². The molecule has 0 heterocycles. The van der Waals surface area contributed by atoms with Gasteiger partial charge in [0, 0.05) is 38.8 Å². The van der Waals surface area contributed by atoms with E-state index < -0.39 is 9.84 Å². The fourth-order valence-electron chi connectivity index (χ4n) is 2.69. The number of nitrogens with zero attached hydrogens (tertiary/aromatic N) is 2. The molecule has 1 aromatic carbocycles. The number of sulfone groups is 1. The second kappa shape index (κ2) is 10.4. The first-order valence-corrected chi connectivity index (χ1v) is 10.4. The number of benzene rings is 1. The molecule has 0 aliphatic carbocycles. The topological polar surface area (TPSA) is 73.8 Å². The van der Waals surface area contributed by atoms with E-state index in [0.29, 0.717) is 29.5 Å². The molecule has 0 aliphatic rings. The molecule has 6 nitrogen and oxygen atoms in total. The van der Waals surface area contributed by atoms with Crippen molar-refractivity contribution in [3.8, 4) is 0 Å². The summed E-state index contributed by atoms with van der Waals surface area (Å²) in [6.45, 7) is 10.7. The maximum Gasteiger partial charge on any atom is 0.191 e. The summed E-state index contributed by atoms with van der Waals surface area (Å²) in [6, 6.07) is 9.47.